The van der Waals surface area contributed by atoms with Crippen molar-refractivity contribution in [1.82, 2.24) is 14.4 Å². The number of hydrogen-bond acceptors (Lipinski definition) is 4. The number of hydrogen-bond donors (Lipinski definition) is 1. The molecule has 4 nitrogen and oxygen atoms in total. The predicted molar refractivity (Wildman–Crippen MR) is 60.7 cm³/mol. The second-order valence-electron chi connectivity index (χ2n) is 3.14. The maximum atomic E-state index is 5.99. The van der Waals surface area contributed by atoms with Gasteiger partial charge in [0, 0.05) is 29.5 Å². The van der Waals surface area contributed by atoms with Crippen LogP contribution in [-0.4, -0.2) is 14.4 Å². The van der Waals surface area contributed by atoms with E-state index in [9.17, 15) is 0 Å². The summed E-state index contributed by atoms with van der Waals surface area (Å²) in [6.45, 7) is 0. The van der Waals surface area contributed by atoms with Crippen molar-refractivity contribution >= 4 is 22.1 Å². The molecule has 74 valence electrons. The molecule has 0 spiro atoms. The van der Waals surface area contributed by atoms with Crippen LogP contribution in [0.1, 0.15) is 0 Å². The Morgan fingerprint density at radius 1 is 1.40 bits per heavy atom. The van der Waals surface area contributed by atoms with E-state index in [-0.39, 0.29) is 0 Å². The SMILES string of the molecule is Nc1c(-c2cccnc2)nc2sccn12. The summed E-state index contributed by atoms with van der Waals surface area (Å²) < 4.78 is 1.88. The highest BCUT2D eigenvalue weighted by Gasteiger charge is 2.11. The van der Waals surface area contributed by atoms with Gasteiger partial charge < -0.3 is 5.73 Å². The number of aromatic nitrogens is 3. The average Bonchev–Trinajstić information content (AvgIpc) is 2.83. The molecule has 3 heterocycles. The van der Waals surface area contributed by atoms with Gasteiger partial charge in [0.05, 0.1) is 0 Å². The van der Waals surface area contributed by atoms with Gasteiger partial charge in [-0.15, -0.1) is 11.3 Å². The number of pyridine rings is 1. The highest BCUT2D eigenvalue weighted by Crippen LogP contribution is 2.27. The summed E-state index contributed by atoms with van der Waals surface area (Å²) in [5.41, 5.74) is 7.75. The van der Waals surface area contributed by atoms with Crippen LogP contribution >= 0.6 is 11.3 Å². The maximum absolute atomic E-state index is 5.99. The van der Waals surface area contributed by atoms with Crippen LogP contribution in [0.2, 0.25) is 0 Å². The third kappa shape index (κ3) is 1.20. The lowest BCUT2D eigenvalue weighted by Gasteiger charge is -1.96. The zero-order valence-corrected chi connectivity index (χ0v) is 8.61. The number of nitrogens with two attached hydrogens (primary N) is 1. The van der Waals surface area contributed by atoms with Crippen molar-refractivity contribution in [2.45, 2.75) is 0 Å². The van der Waals surface area contributed by atoms with Gasteiger partial charge in [-0.3, -0.25) is 9.38 Å². The molecule has 0 aliphatic heterocycles. The number of fused-ring (bicyclic) bond motifs is 1. The Labute approximate surface area is 90.0 Å². The van der Waals surface area contributed by atoms with E-state index in [1.807, 2.05) is 28.1 Å². The molecule has 15 heavy (non-hydrogen) atoms. The van der Waals surface area contributed by atoms with Crippen molar-refractivity contribution in [3.8, 4) is 11.3 Å². The lowest BCUT2D eigenvalue weighted by Crippen LogP contribution is -1.92. The largest absolute Gasteiger partial charge is 0.383 e. The maximum Gasteiger partial charge on any atom is 0.195 e. The first-order valence-electron chi connectivity index (χ1n) is 4.47. The van der Waals surface area contributed by atoms with E-state index in [4.69, 9.17) is 5.73 Å². The Morgan fingerprint density at radius 2 is 2.33 bits per heavy atom. The molecule has 0 aromatic carbocycles. The Hall–Kier alpha value is -1.88. The van der Waals surface area contributed by atoms with E-state index in [1.165, 1.54) is 0 Å². The summed E-state index contributed by atoms with van der Waals surface area (Å²) in [5, 5.41) is 1.96. The number of rotatable bonds is 1. The molecule has 5 heteroatoms. The Bertz CT molecular complexity index is 596. The van der Waals surface area contributed by atoms with Gasteiger partial charge in [0.15, 0.2) is 4.96 Å². The lowest BCUT2D eigenvalue weighted by atomic mass is 10.2. The first kappa shape index (κ1) is 8.43. The highest BCUT2D eigenvalue weighted by molar-refractivity contribution is 7.15. The van der Waals surface area contributed by atoms with E-state index in [0.717, 1.165) is 16.2 Å². The molecule has 0 atom stereocenters. The van der Waals surface area contributed by atoms with Crippen LogP contribution in [0.4, 0.5) is 5.82 Å². The summed E-state index contributed by atoms with van der Waals surface area (Å²) in [6.07, 6.45) is 5.42. The zero-order valence-electron chi connectivity index (χ0n) is 7.79. The second-order valence-corrected chi connectivity index (χ2v) is 4.02. The van der Waals surface area contributed by atoms with Crippen LogP contribution in [0.15, 0.2) is 36.1 Å². The fourth-order valence-corrected chi connectivity index (χ4v) is 2.24. The molecule has 0 fully saturated rings. The van der Waals surface area contributed by atoms with Crippen molar-refractivity contribution < 1.29 is 0 Å². The van der Waals surface area contributed by atoms with Crippen molar-refractivity contribution in [2.24, 2.45) is 0 Å². The molecular formula is C10H8N4S. The van der Waals surface area contributed by atoms with Crippen molar-refractivity contribution in [2.75, 3.05) is 5.73 Å². The fourth-order valence-electron chi connectivity index (χ4n) is 1.52. The van der Waals surface area contributed by atoms with Crippen LogP contribution < -0.4 is 5.73 Å². The number of nitrogens with zero attached hydrogens (tertiary/aromatic N) is 3. The minimum Gasteiger partial charge on any atom is -0.383 e. The molecule has 3 rings (SSSR count). The van der Waals surface area contributed by atoms with Crippen LogP contribution in [0, 0.1) is 0 Å². The summed E-state index contributed by atoms with van der Waals surface area (Å²) in [6, 6.07) is 3.83. The Morgan fingerprint density at radius 3 is 3.07 bits per heavy atom. The monoisotopic (exact) mass is 216 g/mol. The van der Waals surface area contributed by atoms with E-state index >= 15 is 0 Å². The first-order chi connectivity index (χ1) is 7.36. The number of thiazole rings is 1. The van der Waals surface area contributed by atoms with E-state index in [2.05, 4.69) is 9.97 Å². The molecular weight excluding hydrogens is 208 g/mol. The van der Waals surface area contributed by atoms with Gasteiger partial charge >= 0.3 is 0 Å². The van der Waals surface area contributed by atoms with Crippen LogP contribution in [-0.2, 0) is 0 Å². The van der Waals surface area contributed by atoms with Gasteiger partial charge in [0.25, 0.3) is 0 Å². The number of imidazole rings is 1. The molecule has 3 aromatic heterocycles. The van der Waals surface area contributed by atoms with E-state index in [0.29, 0.717) is 5.82 Å². The fraction of sp³-hybridized carbons (Fsp3) is 0. The van der Waals surface area contributed by atoms with Gasteiger partial charge in [-0.05, 0) is 12.1 Å². The third-order valence-corrected chi connectivity index (χ3v) is 2.99. The summed E-state index contributed by atoms with van der Waals surface area (Å²) in [5.74, 6) is 0.666. The third-order valence-electron chi connectivity index (χ3n) is 2.23. The van der Waals surface area contributed by atoms with Crippen molar-refractivity contribution in [3.63, 3.8) is 0 Å². The number of anilines is 1. The summed E-state index contributed by atoms with van der Waals surface area (Å²) in [4.78, 5) is 9.42. The topological polar surface area (TPSA) is 56.2 Å². The predicted octanol–water partition coefficient (Wildman–Crippen LogP) is 2.04. The molecule has 0 bridgehead atoms. The second kappa shape index (κ2) is 3.06. The van der Waals surface area contributed by atoms with Gasteiger partial charge in [-0.1, -0.05) is 0 Å². The number of nitrogen functional groups attached to an aromatic ring is 1. The molecule has 0 saturated heterocycles. The smallest absolute Gasteiger partial charge is 0.195 e. The molecule has 0 aliphatic rings. The van der Waals surface area contributed by atoms with Crippen LogP contribution in [0.3, 0.4) is 0 Å². The minimum atomic E-state index is 0.666. The molecule has 2 N–H and O–H groups in total. The average molecular weight is 216 g/mol. The summed E-state index contributed by atoms with van der Waals surface area (Å²) >= 11 is 1.57. The first-order valence-corrected chi connectivity index (χ1v) is 5.35. The Balaban J connectivity index is 2.27. The molecule has 0 aliphatic carbocycles. The van der Waals surface area contributed by atoms with Crippen LogP contribution in [0.25, 0.3) is 16.2 Å². The van der Waals surface area contributed by atoms with Crippen LogP contribution in [0.5, 0.6) is 0 Å². The van der Waals surface area contributed by atoms with E-state index in [1.54, 1.807) is 23.7 Å². The molecule has 0 saturated carbocycles. The zero-order chi connectivity index (χ0) is 10.3. The Kier molecular flexibility index (Phi) is 1.72. The molecule has 0 unspecified atom stereocenters. The molecule has 3 aromatic rings. The quantitative estimate of drug-likeness (QED) is 0.677. The van der Waals surface area contributed by atoms with Gasteiger partial charge in [-0.2, -0.15) is 0 Å². The highest BCUT2D eigenvalue weighted by atomic mass is 32.1. The van der Waals surface area contributed by atoms with Crippen molar-refractivity contribution in [3.05, 3.63) is 36.1 Å². The summed E-state index contributed by atoms with van der Waals surface area (Å²) in [7, 11) is 0. The normalized spacial score (nSPS) is 10.9. The standard InChI is InChI=1S/C10H8N4S/c11-9-8(7-2-1-3-12-6-7)13-10-14(9)4-5-15-10/h1-6H,11H2. The molecule has 0 radical (unpaired) electrons. The minimum absolute atomic E-state index is 0.666. The van der Waals surface area contributed by atoms with Gasteiger partial charge in [0.1, 0.15) is 11.5 Å². The van der Waals surface area contributed by atoms with Gasteiger partial charge in [-0.25, -0.2) is 4.98 Å². The van der Waals surface area contributed by atoms with Crippen molar-refractivity contribution in [1.29, 1.82) is 0 Å². The van der Waals surface area contributed by atoms with Gasteiger partial charge in [0.2, 0.25) is 0 Å². The van der Waals surface area contributed by atoms with E-state index < -0.39 is 0 Å². The lowest BCUT2D eigenvalue weighted by molar-refractivity contribution is 1.24. The molecule has 0 amide bonds.